The van der Waals surface area contributed by atoms with Crippen molar-refractivity contribution in [3.8, 4) is 5.75 Å². The fourth-order valence-corrected chi connectivity index (χ4v) is 3.94. The van der Waals surface area contributed by atoms with Crippen molar-refractivity contribution in [3.63, 3.8) is 0 Å². The van der Waals surface area contributed by atoms with Crippen LogP contribution in [0.4, 0.5) is 0 Å². The molecule has 0 aliphatic carbocycles. The largest absolute Gasteiger partial charge is 0.484 e. The van der Waals surface area contributed by atoms with E-state index in [4.69, 9.17) is 4.74 Å². The van der Waals surface area contributed by atoms with Gasteiger partial charge in [0.15, 0.2) is 6.61 Å². The summed E-state index contributed by atoms with van der Waals surface area (Å²) in [5, 5.41) is 0. The topological polar surface area (TPSA) is 66.9 Å². The second-order valence-electron chi connectivity index (χ2n) is 6.88. The smallest absolute Gasteiger partial charge is 0.260 e. The molecule has 2 aromatic rings. The van der Waals surface area contributed by atoms with Gasteiger partial charge in [-0.1, -0.05) is 23.8 Å². The lowest BCUT2D eigenvalue weighted by molar-refractivity contribution is -0.134. The van der Waals surface area contributed by atoms with E-state index in [1.54, 1.807) is 17.0 Å². The Morgan fingerprint density at radius 2 is 1.81 bits per heavy atom. The number of rotatable bonds is 5. The number of amides is 1. The highest BCUT2D eigenvalue weighted by atomic mass is 32.2. The Morgan fingerprint density at radius 1 is 1.11 bits per heavy atom. The number of aryl methyl sites for hydroxylation is 1. The van der Waals surface area contributed by atoms with Crippen LogP contribution >= 0.6 is 0 Å². The third-order valence-electron chi connectivity index (χ3n) is 4.70. The van der Waals surface area contributed by atoms with Crippen molar-refractivity contribution in [1.82, 2.24) is 9.21 Å². The van der Waals surface area contributed by atoms with E-state index < -0.39 is 10.0 Å². The van der Waals surface area contributed by atoms with E-state index in [-0.39, 0.29) is 17.4 Å². The van der Waals surface area contributed by atoms with Crippen molar-refractivity contribution in [1.29, 1.82) is 0 Å². The minimum atomic E-state index is -3.49. The number of carbonyl (C=O) groups is 1. The minimum Gasteiger partial charge on any atom is -0.484 e. The van der Waals surface area contributed by atoms with Gasteiger partial charge in [-0.2, -0.15) is 0 Å². The second-order valence-corrected chi connectivity index (χ2v) is 9.04. The molecule has 1 aliphatic rings. The van der Waals surface area contributed by atoms with Crippen molar-refractivity contribution in [3.05, 3.63) is 59.2 Å². The van der Waals surface area contributed by atoms with Crippen molar-refractivity contribution in [2.24, 2.45) is 0 Å². The number of ether oxygens (including phenoxy) is 1. The van der Waals surface area contributed by atoms with Crippen molar-refractivity contribution >= 4 is 15.9 Å². The second kappa shape index (κ2) is 7.70. The lowest BCUT2D eigenvalue weighted by Crippen LogP contribution is -2.39. The van der Waals surface area contributed by atoms with E-state index >= 15 is 0 Å². The molecule has 1 amide bonds. The predicted octanol–water partition coefficient (Wildman–Crippen LogP) is 2.21. The first-order valence-electron chi connectivity index (χ1n) is 8.79. The summed E-state index contributed by atoms with van der Waals surface area (Å²) in [6.45, 7) is 2.95. The van der Waals surface area contributed by atoms with E-state index in [0.717, 1.165) is 16.7 Å². The zero-order valence-corrected chi connectivity index (χ0v) is 16.6. The van der Waals surface area contributed by atoms with Gasteiger partial charge in [-0.15, -0.1) is 0 Å². The Labute approximate surface area is 160 Å². The van der Waals surface area contributed by atoms with Gasteiger partial charge in [0.05, 0.1) is 4.90 Å². The SMILES string of the molecule is Cc1ccc(OCC(=O)N2CCc3ccc(S(=O)(=O)N(C)C)cc3C2)cc1. The molecule has 0 N–H and O–H groups in total. The van der Waals surface area contributed by atoms with Gasteiger partial charge in [0.25, 0.3) is 5.91 Å². The molecule has 7 heteroatoms. The van der Waals surface area contributed by atoms with Gasteiger partial charge in [-0.05, 0) is 48.7 Å². The molecule has 0 aromatic heterocycles. The first-order valence-corrected chi connectivity index (χ1v) is 10.2. The molecule has 0 saturated carbocycles. The minimum absolute atomic E-state index is 0.0336. The van der Waals surface area contributed by atoms with Crippen LogP contribution in [0.2, 0.25) is 0 Å². The summed E-state index contributed by atoms with van der Waals surface area (Å²) >= 11 is 0. The summed E-state index contributed by atoms with van der Waals surface area (Å²) in [4.78, 5) is 14.5. The molecule has 0 saturated heterocycles. The molecule has 1 aliphatic heterocycles. The van der Waals surface area contributed by atoms with Crippen molar-refractivity contribution in [2.45, 2.75) is 24.8 Å². The normalized spacial score (nSPS) is 14.1. The summed E-state index contributed by atoms with van der Waals surface area (Å²) in [7, 11) is -0.479. The van der Waals surface area contributed by atoms with Gasteiger partial charge in [-0.25, -0.2) is 12.7 Å². The highest BCUT2D eigenvalue weighted by molar-refractivity contribution is 7.89. The van der Waals surface area contributed by atoms with Crippen LogP contribution in [0.25, 0.3) is 0 Å². The number of hydrogen-bond acceptors (Lipinski definition) is 4. The number of nitrogens with zero attached hydrogens (tertiary/aromatic N) is 2. The van der Waals surface area contributed by atoms with Crippen LogP contribution in [0.15, 0.2) is 47.4 Å². The van der Waals surface area contributed by atoms with Crippen molar-refractivity contribution < 1.29 is 17.9 Å². The molecule has 0 fully saturated rings. The highest BCUT2D eigenvalue weighted by Crippen LogP contribution is 2.24. The monoisotopic (exact) mass is 388 g/mol. The van der Waals surface area contributed by atoms with Crippen LogP contribution < -0.4 is 4.74 Å². The van der Waals surface area contributed by atoms with Crippen molar-refractivity contribution in [2.75, 3.05) is 27.2 Å². The Hall–Kier alpha value is -2.38. The van der Waals surface area contributed by atoms with Crippen LogP contribution in [-0.2, 0) is 27.8 Å². The number of hydrogen-bond donors (Lipinski definition) is 0. The molecule has 0 radical (unpaired) electrons. The molecular formula is C20H24N2O4S. The Morgan fingerprint density at radius 3 is 2.48 bits per heavy atom. The molecule has 27 heavy (non-hydrogen) atoms. The predicted molar refractivity (Wildman–Crippen MR) is 103 cm³/mol. The maximum atomic E-state index is 12.5. The number of sulfonamides is 1. The molecule has 1 heterocycles. The summed E-state index contributed by atoms with van der Waals surface area (Å²) in [6, 6.07) is 12.7. The van der Waals surface area contributed by atoms with Crippen LogP contribution in [0, 0.1) is 6.92 Å². The molecule has 0 atom stereocenters. The third-order valence-corrected chi connectivity index (χ3v) is 6.52. The average molecular weight is 388 g/mol. The fourth-order valence-electron chi connectivity index (χ4n) is 2.99. The van der Waals surface area contributed by atoms with Gasteiger partial charge in [0, 0.05) is 27.2 Å². The van der Waals surface area contributed by atoms with Crippen LogP contribution in [-0.4, -0.2) is 50.8 Å². The summed E-state index contributed by atoms with van der Waals surface area (Å²) in [5.74, 6) is 0.549. The standard InChI is InChI=1S/C20H24N2O4S/c1-15-4-7-18(8-5-15)26-14-20(23)22-11-10-16-6-9-19(12-17(16)13-22)27(24,25)21(2)3/h4-9,12H,10-11,13-14H2,1-3H3. The third kappa shape index (κ3) is 4.31. The van der Waals surface area contributed by atoms with E-state index in [1.165, 1.54) is 18.4 Å². The molecular weight excluding hydrogens is 364 g/mol. The molecule has 0 bridgehead atoms. The molecule has 0 spiro atoms. The van der Waals surface area contributed by atoms with E-state index in [9.17, 15) is 13.2 Å². The van der Waals surface area contributed by atoms with Gasteiger partial charge < -0.3 is 9.64 Å². The first kappa shape index (κ1) is 19.4. The lowest BCUT2D eigenvalue weighted by Gasteiger charge is -2.29. The van der Waals surface area contributed by atoms with Gasteiger partial charge in [0.1, 0.15) is 5.75 Å². The zero-order valence-electron chi connectivity index (χ0n) is 15.8. The van der Waals surface area contributed by atoms with E-state index in [0.29, 0.717) is 25.3 Å². The van der Waals surface area contributed by atoms with Gasteiger partial charge in [-0.3, -0.25) is 4.79 Å². The lowest BCUT2D eigenvalue weighted by atomic mass is 10.00. The summed E-state index contributed by atoms with van der Waals surface area (Å²) in [6.07, 6.45) is 0.702. The molecule has 0 unspecified atom stereocenters. The Bertz CT molecular complexity index is 937. The average Bonchev–Trinajstić information content (AvgIpc) is 2.66. The molecule has 3 rings (SSSR count). The maximum absolute atomic E-state index is 12.5. The number of benzene rings is 2. The quantitative estimate of drug-likeness (QED) is 0.788. The Kier molecular flexibility index (Phi) is 5.53. The number of carbonyl (C=O) groups excluding carboxylic acids is 1. The van der Waals surface area contributed by atoms with E-state index in [1.807, 2.05) is 37.3 Å². The maximum Gasteiger partial charge on any atom is 0.260 e. The molecule has 2 aromatic carbocycles. The molecule has 6 nitrogen and oxygen atoms in total. The Balaban J connectivity index is 1.69. The number of fused-ring (bicyclic) bond motifs is 1. The van der Waals surface area contributed by atoms with Gasteiger partial charge in [0.2, 0.25) is 10.0 Å². The summed E-state index contributed by atoms with van der Waals surface area (Å²) in [5.41, 5.74) is 3.08. The van der Waals surface area contributed by atoms with E-state index in [2.05, 4.69) is 0 Å². The van der Waals surface area contributed by atoms with Crippen LogP contribution in [0.1, 0.15) is 16.7 Å². The highest BCUT2D eigenvalue weighted by Gasteiger charge is 2.24. The fraction of sp³-hybridized carbons (Fsp3) is 0.350. The molecule has 144 valence electrons. The zero-order chi connectivity index (χ0) is 19.6. The van der Waals surface area contributed by atoms with Crippen LogP contribution in [0.3, 0.4) is 0 Å². The summed E-state index contributed by atoms with van der Waals surface area (Å²) < 4.78 is 31.5. The van der Waals surface area contributed by atoms with Gasteiger partial charge >= 0.3 is 0 Å². The first-order chi connectivity index (χ1) is 12.8. The van der Waals surface area contributed by atoms with Crippen LogP contribution in [0.5, 0.6) is 5.75 Å².